The van der Waals surface area contributed by atoms with Crippen LogP contribution in [0.25, 0.3) is 0 Å². The van der Waals surface area contributed by atoms with Crippen molar-refractivity contribution in [1.29, 1.82) is 0 Å². The number of hydrogen-bond donors (Lipinski definition) is 2. The average Bonchev–Trinajstić information content (AvgIpc) is 3.25. The van der Waals surface area contributed by atoms with Gasteiger partial charge in [0.15, 0.2) is 0 Å². The molecule has 1 aromatic carbocycles. The van der Waals surface area contributed by atoms with Crippen LogP contribution in [0.1, 0.15) is 42.5 Å². The molecule has 6 nitrogen and oxygen atoms in total. The van der Waals surface area contributed by atoms with E-state index < -0.39 is 17.9 Å². The molecule has 1 aromatic rings. The van der Waals surface area contributed by atoms with Gasteiger partial charge in [-0.25, -0.2) is 0 Å². The third-order valence-corrected chi connectivity index (χ3v) is 5.85. The van der Waals surface area contributed by atoms with Crippen molar-refractivity contribution < 1.29 is 19.5 Å². The zero-order chi connectivity index (χ0) is 18.8. The number of carboxylic acids is 1. The van der Waals surface area contributed by atoms with Crippen LogP contribution in [-0.2, 0) is 9.59 Å². The van der Waals surface area contributed by atoms with E-state index in [1.807, 2.05) is 0 Å². The maximum absolute atomic E-state index is 12.8. The van der Waals surface area contributed by atoms with Gasteiger partial charge in [-0.1, -0.05) is 23.2 Å². The summed E-state index contributed by atoms with van der Waals surface area (Å²) < 4.78 is 0. The summed E-state index contributed by atoms with van der Waals surface area (Å²) in [6, 6.07) is 3.98. The largest absolute Gasteiger partial charge is 0.481 e. The molecule has 1 aliphatic carbocycles. The number of likely N-dealkylation sites (tertiary alicyclic amines) is 1. The van der Waals surface area contributed by atoms with E-state index in [4.69, 9.17) is 28.3 Å². The van der Waals surface area contributed by atoms with Crippen molar-refractivity contribution in [2.75, 3.05) is 6.54 Å². The fraction of sp³-hybridized carbons (Fsp3) is 0.500. The molecule has 26 heavy (non-hydrogen) atoms. The number of rotatable bonds is 4. The molecule has 0 spiro atoms. The van der Waals surface area contributed by atoms with Crippen LogP contribution in [0, 0.1) is 5.92 Å². The Hall–Kier alpha value is -1.79. The molecule has 1 heterocycles. The maximum Gasteiger partial charge on any atom is 0.306 e. The number of carboxylic acid groups (broad SMARTS) is 1. The normalized spacial score (nSPS) is 25.3. The number of amides is 2. The molecule has 2 amide bonds. The van der Waals surface area contributed by atoms with Gasteiger partial charge < -0.3 is 15.3 Å². The van der Waals surface area contributed by atoms with Gasteiger partial charge in [0, 0.05) is 18.2 Å². The molecule has 3 atom stereocenters. The Morgan fingerprint density at radius 3 is 2.54 bits per heavy atom. The number of carbonyl (C=O) groups is 3. The molecular formula is C18H20Cl2N2O4. The van der Waals surface area contributed by atoms with Crippen LogP contribution in [0.3, 0.4) is 0 Å². The third kappa shape index (κ3) is 3.96. The average molecular weight is 399 g/mol. The first-order chi connectivity index (χ1) is 12.4. The standard InChI is InChI=1S/C18H20Cl2N2O4/c19-13-6-4-10(9-14(13)20)17(24)22-7-1-2-15(22)16(23)21-12-5-3-11(8-12)18(25)26/h4,6,9,11-12,15H,1-3,5,7-8H2,(H,21,23)(H,25,26)/t11-,12+,15?/m0/s1. The Labute approximate surface area is 161 Å². The van der Waals surface area contributed by atoms with Crippen molar-refractivity contribution in [2.45, 2.75) is 44.2 Å². The van der Waals surface area contributed by atoms with E-state index in [2.05, 4.69) is 5.32 Å². The molecule has 1 unspecified atom stereocenters. The fourth-order valence-corrected chi connectivity index (χ4v) is 4.01. The van der Waals surface area contributed by atoms with Gasteiger partial charge in [-0.15, -0.1) is 0 Å². The Morgan fingerprint density at radius 1 is 1.12 bits per heavy atom. The number of halogens is 2. The SMILES string of the molecule is O=C(N[C@@H]1CC[C@H](C(=O)O)C1)C1CCCN1C(=O)c1ccc(Cl)c(Cl)c1. The van der Waals surface area contributed by atoms with Gasteiger partial charge in [0.1, 0.15) is 6.04 Å². The first-order valence-corrected chi connectivity index (χ1v) is 9.41. The highest BCUT2D eigenvalue weighted by atomic mass is 35.5. The molecule has 8 heteroatoms. The van der Waals surface area contributed by atoms with Crippen molar-refractivity contribution in [3.05, 3.63) is 33.8 Å². The van der Waals surface area contributed by atoms with Gasteiger partial charge in [-0.2, -0.15) is 0 Å². The zero-order valence-electron chi connectivity index (χ0n) is 14.1. The minimum atomic E-state index is -0.820. The van der Waals surface area contributed by atoms with E-state index in [0.717, 1.165) is 6.42 Å². The first kappa shape index (κ1) is 19.0. The summed E-state index contributed by atoms with van der Waals surface area (Å²) >= 11 is 11.9. The molecule has 1 aliphatic heterocycles. The lowest BCUT2D eigenvalue weighted by molar-refractivity contribution is -0.141. The lowest BCUT2D eigenvalue weighted by Gasteiger charge is -2.25. The van der Waals surface area contributed by atoms with Gasteiger partial charge in [0.25, 0.3) is 5.91 Å². The Morgan fingerprint density at radius 2 is 1.88 bits per heavy atom. The molecular weight excluding hydrogens is 379 g/mol. The van der Waals surface area contributed by atoms with E-state index in [0.29, 0.717) is 47.8 Å². The summed E-state index contributed by atoms with van der Waals surface area (Å²) in [7, 11) is 0. The predicted molar refractivity (Wildman–Crippen MR) is 97.4 cm³/mol. The highest BCUT2D eigenvalue weighted by molar-refractivity contribution is 6.42. The summed E-state index contributed by atoms with van der Waals surface area (Å²) in [4.78, 5) is 38.0. The minimum absolute atomic E-state index is 0.147. The molecule has 0 aromatic heterocycles. The monoisotopic (exact) mass is 398 g/mol. The summed E-state index contributed by atoms with van der Waals surface area (Å²) in [5.41, 5.74) is 0.394. The van der Waals surface area contributed by atoms with E-state index in [1.54, 1.807) is 17.0 Å². The second-order valence-electron chi connectivity index (χ2n) is 6.84. The summed E-state index contributed by atoms with van der Waals surface area (Å²) in [5, 5.41) is 12.7. The van der Waals surface area contributed by atoms with Gasteiger partial charge in [0.05, 0.1) is 16.0 Å². The maximum atomic E-state index is 12.8. The van der Waals surface area contributed by atoms with Crippen LogP contribution in [0.2, 0.25) is 10.0 Å². The van der Waals surface area contributed by atoms with Crippen LogP contribution in [-0.4, -0.2) is 46.4 Å². The Balaban J connectivity index is 1.65. The van der Waals surface area contributed by atoms with Gasteiger partial charge >= 0.3 is 5.97 Å². The molecule has 2 aliphatic rings. The van der Waals surface area contributed by atoms with E-state index in [1.165, 1.54) is 6.07 Å². The minimum Gasteiger partial charge on any atom is -0.481 e. The number of benzene rings is 1. The fourth-order valence-electron chi connectivity index (χ4n) is 3.71. The van der Waals surface area contributed by atoms with Gasteiger partial charge in [-0.3, -0.25) is 14.4 Å². The topological polar surface area (TPSA) is 86.7 Å². The van der Waals surface area contributed by atoms with Crippen LogP contribution < -0.4 is 5.32 Å². The highest BCUT2D eigenvalue weighted by Gasteiger charge is 2.37. The van der Waals surface area contributed by atoms with E-state index >= 15 is 0 Å². The van der Waals surface area contributed by atoms with Crippen molar-refractivity contribution in [2.24, 2.45) is 5.92 Å². The Bertz CT molecular complexity index is 740. The highest BCUT2D eigenvalue weighted by Crippen LogP contribution is 2.28. The second-order valence-corrected chi connectivity index (χ2v) is 7.65. The van der Waals surface area contributed by atoms with Gasteiger partial charge in [0.2, 0.25) is 5.91 Å². The molecule has 1 saturated carbocycles. The lowest BCUT2D eigenvalue weighted by atomic mass is 10.1. The molecule has 0 bridgehead atoms. The van der Waals surface area contributed by atoms with E-state index in [9.17, 15) is 14.4 Å². The van der Waals surface area contributed by atoms with Crippen LogP contribution in [0.5, 0.6) is 0 Å². The zero-order valence-corrected chi connectivity index (χ0v) is 15.6. The summed E-state index contributed by atoms with van der Waals surface area (Å²) in [6.45, 7) is 0.500. The lowest BCUT2D eigenvalue weighted by Crippen LogP contribution is -2.48. The summed E-state index contributed by atoms with van der Waals surface area (Å²) in [5.74, 6) is -1.69. The second kappa shape index (κ2) is 7.84. The predicted octanol–water partition coefficient (Wildman–Crippen LogP) is 2.97. The van der Waals surface area contributed by atoms with E-state index in [-0.39, 0.29) is 17.9 Å². The number of aliphatic carboxylic acids is 1. The number of carbonyl (C=O) groups excluding carboxylic acids is 2. The smallest absolute Gasteiger partial charge is 0.306 e. The third-order valence-electron chi connectivity index (χ3n) is 5.11. The number of nitrogens with one attached hydrogen (secondary N) is 1. The van der Waals surface area contributed by atoms with Crippen molar-refractivity contribution in [3.8, 4) is 0 Å². The summed E-state index contributed by atoms with van der Waals surface area (Å²) in [6.07, 6.45) is 2.99. The van der Waals surface area contributed by atoms with Gasteiger partial charge in [-0.05, 0) is 50.3 Å². The first-order valence-electron chi connectivity index (χ1n) is 8.66. The number of nitrogens with zero attached hydrogens (tertiary/aromatic N) is 1. The molecule has 2 fully saturated rings. The molecule has 140 valence electrons. The van der Waals surface area contributed by atoms with Crippen LogP contribution >= 0.6 is 23.2 Å². The number of hydrogen-bond acceptors (Lipinski definition) is 3. The molecule has 1 saturated heterocycles. The molecule has 0 radical (unpaired) electrons. The van der Waals surface area contributed by atoms with Crippen LogP contribution in [0.15, 0.2) is 18.2 Å². The van der Waals surface area contributed by atoms with Crippen LogP contribution in [0.4, 0.5) is 0 Å². The Kier molecular flexibility index (Phi) is 5.73. The quantitative estimate of drug-likeness (QED) is 0.815. The molecule has 3 rings (SSSR count). The van der Waals surface area contributed by atoms with Crippen molar-refractivity contribution in [1.82, 2.24) is 10.2 Å². The van der Waals surface area contributed by atoms with Crippen molar-refractivity contribution in [3.63, 3.8) is 0 Å². The van der Waals surface area contributed by atoms with Crippen molar-refractivity contribution >= 4 is 41.0 Å². The molecule has 2 N–H and O–H groups in total.